The molecule has 10 heteroatoms. The van der Waals surface area contributed by atoms with E-state index in [1.807, 2.05) is 13.0 Å². The number of carbonyl (C=O) groups is 2. The fourth-order valence-electron chi connectivity index (χ4n) is 3.70. The number of hydrogen-bond acceptors (Lipinski definition) is 5. The molecule has 1 aromatic carbocycles. The van der Waals surface area contributed by atoms with Crippen molar-refractivity contribution in [3.8, 4) is 0 Å². The minimum Gasteiger partial charge on any atom is -0.384 e. The van der Waals surface area contributed by atoms with Crippen LogP contribution in [0, 0.1) is 5.92 Å². The van der Waals surface area contributed by atoms with Crippen molar-refractivity contribution in [2.75, 3.05) is 17.6 Å². The maximum absolute atomic E-state index is 12.7. The number of halogens is 2. The summed E-state index contributed by atoms with van der Waals surface area (Å²) in [7, 11) is 0. The van der Waals surface area contributed by atoms with Crippen molar-refractivity contribution in [2.24, 2.45) is 11.0 Å². The number of urea groups is 1. The molecule has 0 radical (unpaired) electrons. The number of nitrogen functional groups attached to an aromatic ring is 1. The van der Waals surface area contributed by atoms with Crippen LogP contribution in [-0.2, 0) is 17.9 Å². The lowest BCUT2D eigenvalue weighted by Gasteiger charge is -2.27. The Bertz CT molecular complexity index is 1040. The van der Waals surface area contributed by atoms with Crippen LogP contribution in [0.2, 0.25) is 0 Å². The van der Waals surface area contributed by atoms with Crippen LogP contribution < -0.4 is 11.1 Å². The lowest BCUT2D eigenvalue weighted by Crippen LogP contribution is -2.38. The van der Waals surface area contributed by atoms with Gasteiger partial charge in [0.15, 0.2) is 0 Å². The van der Waals surface area contributed by atoms with Crippen molar-refractivity contribution in [3.05, 3.63) is 53.2 Å². The lowest BCUT2D eigenvalue weighted by molar-refractivity contribution is -0.134. The zero-order valence-corrected chi connectivity index (χ0v) is 16.9. The Hall–Kier alpha value is -3.56. The normalized spacial score (nSPS) is 18.3. The number of fused-ring (bicyclic) bond motifs is 1. The molecule has 1 atom stereocenters. The number of benzene rings is 1. The Kier molecular flexibility index (Phi) is 5.53. The molecule has 2 aliphatic heterocycles. The van der Waals surface area contributed by atoms with Crippen LogP contribution in [0.5, 0.6) is 0 Å². The van der Waals surface area contributed by atoms with Crippen molar-refractivity contribution < 1.29 is 18.4 Å². The van der Waals surface area contributed by atoms with Crippen LogP contribution in [0.25, 0.3) is 0 Å². The number of nitrogens with one attached hydrogen (secondary N) is 1. The SMILES string of the molecule is CC1CC(=O)N(CC(F)F)N=C1c1ccc(NC(=O)N2Cc3ccc(N)nc3C2)cc1. The van der Waals surface area contributed by atoms with Gasteiger partial charge in [-0.1, -0.05) is 25.1 Å². The number of pyridine rings is 1. The van der Waals surface area contributed by atoms with Crippen LogP contribution in [0.4, 0.5) is 25.1 Å². The van der Waals surface area contributed by atoms with E-state index in [2.05, 4.69) is 15.4 Å². The first-order valence-electron chi connectivity index (χ1n) is 9.88. The van der Waals surface area contributed by atoms with E-state index in [0.717, 1.165) is 16.3 Å². The number of nitrogens with two attached hydrogens (primary N) is 1. The minimum absolute atomic E-state index is 0.123. The maximum Gasteiger partial charge on any atom is 0.322 e. The Balaban J connectivity index is 1.43. The van der Waals surface area contributed by atoms with E-state index in [-0.39, 0.29) is 18.4 Å². The highest BCUT2D eigenvalue weighted by Crippen LogP contribution is 2.25. The molecule has 4 rings (SSSR count). The third-order valence-corrected chi connectivity index (χ3v) is 5.29. The van der Waals surface area contributed by atoms with Gasteiger partial charge in [0.05, 0.1) is 18.0 Å². The first-order valence-corrected chi connectivity index (χ1v) is 9.88. The molecule has 1 aromatic heterocycles. The number of carbonyl (C=O) groups excluding carboxylic acids is 2. The standard InChI is InChI=1S/C21H22F2N6O2/c1-12-8-19(30)29(11-17(22)23)27-20(12)13-2-5-15(6-3-13)25-21(31)28-9-14-4-7-18(24)26-16(14)10-28/h2-7,12,17H,8-11H2,1H3,(H2,24,26)(H,25,31). The summed E-state index contributed by atoms with van der Waals surface area (Å²) in [6.07, 6.45) is -2.53. The second-order valence-corrected chi connectivity index (χ2v) is 7.66. The molecule has 3 heterocycles. The summed E-state index contributed by atoms with van der Waals surface area (Å²) >= 11 is 0. The zero-order valence-electron chi connectivity index (χ0n) is 16.9. The molecule has 162 valence electrons. The predicted molar refractivity (Wildman–Crippen MR) is 111 cm³/mol. The van der Waals surface area contributed by atoms with Gasteiger partial charge in [-0.2, -0.15) is 5.10 Å². The summed E-state index contributed by atoms with van der Waals surface area (Å²) in [6.45, 7) is 1.95. The Labute approximate surface area is 177 Å². The van der Waals surface area contributed by atoms with Crippen LogP contribution in [0.15, 0.2) is 41.5 Å². The average molecular weight is 428 g/mol. The highest BCUT2D eigenvalue weighted by molar-refractivity contribution is 6.06. The molecule has 0 aliphatic carbocycles. The number of hydrogen-bond donors (Lipinski definition) is 2. The van der Waals surface area contributed by atoms with Gasteiger partial charge in [-0.05, 0) is 29.3 Å². The topological polar surface area (TPSA) is 104 Å². The molecule has 3 amide bonds. The number of aromatic nitrogens is 1. The van der Waals surface area contributed by atoms with E-state index in [0.29, 0.717) is 35.9 Å². The third kappa shape index (κ3) is 4.47. The molecule has 31 heavy (non-hydrogen) atoms. The van der Waals surface area contributed by atoms with Gasteiger partial charge in [0.25, 0.3) is 6.43 Å². The van der Waals surface area contributed by atoms with Crippen LogP contribution in [-0.4, -0.2) is 45.5 Å². The lowest BCUT2D eigenvalue weighted by atomic mass is 9.93. The van der Waals surface area contributed by atoms with Crippen LogP contribution >= 0.6 is 0 Å². The van der Waals surface area contributed by atoms with Gasteiger partial charge < -0.3 is 16.0 Å². The minimum atomic E-state index is -2.65. The van der Waals surface area contributed by atoms with Crippen molar-refractivity contribution in [1.29, 1.82) is 0 Å². The largest absolute Gasteiger partial charge is 0.384 e. The summed E-state index contributed by atoms with van der Waals surface area (Å²) in [6, 6.07) is 10.3. The number of hydrazone groups is 1. The van der Waals surface area contributed by atoms with Crippen LogP contribution in [0.1, 0.15) is 30.2 Å². The second kappa shape index (κ2) is 8.29. The molecule has 3 N–H and O–H groups in total. The van der Waals surface area contributed by atoms with Crippen molar-refractivity contribution in [3.63, 3.8) is 0 Å². The molecule has 0 saturated carbocycles. The molecule has 8 nitrogen and oxygen atoms in total. The Morgan fingerprint density at radius 2 is 1.97 bits per heavy atom. The van der Waals surface area contributed by atoms with Crippen LogP contribution in [0.3, 0.4) is 0 Å². The molecule has 0 fully saturated rings. The number of amides is 3. The Morgan fingerprint density at radius 1 is 1.23 bits per heavy atom. The average Bonchev–Trinajstić information content (AvgIpc) is 3.14. The smallest absolute Gasteiger partial charge is 0.322 e. The van der Waals surface area contributed by atoms with Gasteiger partial charge in [-0.25, -0.2) is 23.6 Å². The number of nitrogens with zero attached hydrogens (tertiary/aromatic N) is 4. The summed E-state index contributed by atoms with van der Waals surface area (Å²) in [5.74, 6) is -0.182. The van der Waals surface area contributed by atoms with Gasteiger partial charge in [-0.15, -0.1) is 0 Å². The summed E-state index contributed by atoms with van der Waals surface area (Å²) in [5.41, 5.74) is 9.32. The van der Waals surface area contributed by atoms with Crippen molar-refractivity contribution in [1.82, 2.24) is 14.9 Å². The molecule has 2 aromatic rings. The van der Waals surface area contributed by atoms with Gasteiger partial charge in [0, 0.05) is 24.6 Å². The van der Waals surface area contributed by atoms with E-state index in [1.165, 1.54) is 0 Å². The molecule has 2 aliphatic rings. The van der Waals surface area contributed by atoms with E-state index in [4.69, 9.17) is 5.73 Å². The monoisotopic (exact) mass is 428 g/mol. The fraction of sp³-hybridized carbons (Fsp3) is 0.333. The number of anilines is 2. The number of rotatable bonds is 4. The predicted octanol–water partition coefficient (Wildman–Crippen LogP) is 3.05. The van der Waals surface area contributed by atoms with E-state index in [1.54, 1.807) is 35.2 Å². The zero-order chi connectivity index (χ0) is 22.1. The summed E-state index contributed by atoms with van der Waals surface area (Å²) < 4.78 is 25.4. The highest BCUT2D eigenvalue weighted by atomic mass is 19.3. The van der Waals surface area contributed by atoms with Crippen molar-refractivity contribution >= 4 is 29.2 Å². The molecule has 0 bridgehead atoms. The quantitative estimate of drug-likeness (QED) is 0.781. The first kappa shape index (κ1) is 20.7. The van der Waals surface area contributed by atoms with E-state index < -0.39 is 18.9 Å². The van der Waals surface area contributed by atoms with E-state index in [9.17, 15) is 18.4 Å². The first-order chi connectivity index (χ1) is 14.8. The third-order valence-electron chi connectivity index (χ3n) is 5.29. The fourth-order valence-corrected chi connectivity index (χ4v) is 3.70. The van der Waals surface area contributed by atoms with Gasteiger partial charge in [0.2, 0.25) is 5.91 Å². The van der Waals surface area contributed by atoms with Crippen molar-refractivity contribution in [2.45, 2.75) is 32.9 Å². The molecular formula is C21H22F2N6O2. The second-order valence-electron chi connectivity index (χ2n) is 7.66. The van der Waals surface area contributed by atoms with E-state index >= 15 is 0 Å². The summed E-state index contributed by atoms with van der Waals surface area (Å²) in [4.78, 5) is 30.4. The van der Waals surface area contributed by atoms with Gasteiger partial charge >= 0.3 is 6.03 Å². The molecule has 1 unspecified atom stereocenters. The molecule has 0 spiro atoms. The van der Waals surface area contributed by atoms with Gasteiger partial charge in [0.1, 0.15) is 12.4 Å². The number of alkyl halides is 2. The molecule has 0 saturated heterocycles. The summed E-state index contributed by atoms with van der Waals surface area (Å²) in [5, 5.41) is 7.82. The molecular weight excluding hydrogens is 406 g/mol. The maximum atomic E-state index is 12.7. The van der Waals surface area contributed by atoms with Gasteiger partial charge in [-0.3, -0.25) is 4.79 Å². The Morgan fingerprint density at radius 3 is 2.68 bits per heavy atom. The highest BCUT2D eigenvalue weighted by Gasteiger charge is 2.29.